The van der Waals surface area contributed by atoms with E-state index in [1.165, 1.54) is 16.7 Å². The van der Waals surface area contributed by atoms with Crippen LogP contribution in [0.3, 0.4) is 0 Å². The van der Waals surface area contributed by atoms with Gasteiger partial charge in [-0.25, -0.2) is 4.39 Å². The molecule has 0 aromatic heterocycles. The Bertz CT molecular complexity index is 492. The van der Waals surface area contributed by atoms with Crippen LogP contribution in [0.2, 0.25) is 0 Å². The molecule has 0 heterocycles. The minimum absolute atomic E-state index is 0.0806. The number of alkyl halides is 1. The van der Waals surface area contributed by atoms with E-state index in [9.17, 15) is 4.39 Å². The molecular formula is C23H40FN. The van der Waals surface area contributed by atoms with E-state index in [4.69, 9.17) is 5.73 Å². The first-order valence-electron chi connectivity index (χ1n) is 9.59. The monoisotopic (exact) mass is 349 g/mol. The van der Waals surface area contributed by atoms with E-state index in [0.717, 1.165) is 6.42 Å². The van der Waals surface area contributed by atoms with Crippen LogP contribution in [0.25, 0.3) is 0 Å². The second kappa shape index (κ2) is 12.2. The van der Waals surface area contributed by atoms with Gasteiger partial charge in [-0.1, -0.05) is 74.8 Å². The molecule has 4 unspecified atom stereocenters. The molecule has 0 rings (SSSR count). The average Bonchev–Trinajstić information content (AvgIpc) is 2.49. The highest BCUT2D eigenvalue weighted by Crippen LogP contribution is 2.21. The van der Waals surface area contributed by atoms with Gasteiger partial charge in [-0.3, -0.25) is 0 Å². The maximum absolute atomic E-state index is 13.5. The molecule has 2 heteroatoms. The maximum atomic E-state index is 13.5. The highest BCUT2D eigenvalue weighted by atomic mass is 19.1. The zero-order valence-corrected chi connectivity index (χ0v) is 17.6. The highest BCUT2D eigenvalue weighted by Gasteiger charge is 2.18. The number of hydrogen-bond donors (Lipinski definition) is 1. The normalized spacial score (nSPS) is 18.4. The Labute approximate surface area is 156 Å². The summed E-state index contributed by atoms with van der Waals surface area (Å²) in [5.74, 6) is 0.823. The molecule has 0 aliphatic heterocycles. The summed E-state index contributed by atoms with van der Waals surface area (Å²) in [6, 6.07) is 0.129. The van der Waals surface area contributed by atoms with Crippen LogP contribution in [0, 0.1) is 17.8 Å². The molecule has 4 atom stereocenters. The molecule has 0 bridgehead atoms. The Morgan fingerprint density at radius 3 is 2.16 bits per heavy atom. The Morgan fingerprint density at radius 2 is 1.64 bits per heavy atom. The van der Waals surface area contributed by atoms with Crippen LogP contribution in [-0.2, 0) is 0 Å². The van der Waals surface area contributed by atoms with Gasteiger partial charge in [0.05, 0.1) is 0 Å². The van der Waals surface area contributed by atoms with Crippen LogP contribution >= 0.6 is 0 Å². The smallest absolute Gasteiger partial charge is 0.106 e. The van der Waals surface area contributed by atoms with Gasteiger partial charge >= 0.3 is 0 Å². The molecule has 2 N–H and O–H groups in total. The average molecular weight is 350 g/mol. The van der Waals surface area contributed by atoms with Gasteiger partial charge in [0.15, 0.2) is 0 Å². The zero-order chi connectivity index (χ0) is 19.6. The van der Waals surface area contributed by atoms with Crippen LogP contribution in [0.5, 0.6) is 0 Å². The summed E-state index contributed by atoms with van der Waals surface area (Å²) in [5, 5.41) is 0. The lowest BCUT2D eigenvalue weighted by atomic mass is 9.86. The Balaban J connectivity index is 4.59. The van der Waals surface area contributed by atoms with Gasteiger partial charge in [-0.05, 0) is 58.3 Å². The van der Waals surface area contributed by atoms with Crippen molar-refractivity contribution in [2.45, 2.75) is 80.4 Å². The number of hydrogen-bond acceptors (Lipinski definition) is 1. The van der Waals surface area contributed by atoms with Crippen molar-refractivity contribution in [2.75, 3.05) is 0 Å². The molecule has 0 spiro atoms. The lowest BCUT2D eigenvalue weighted by Gasteiger charge is -2.24. The second-order valence-electron chi connectivity index (χ2n) is 8.19. The Morgan fingerprint density at radius 1 is 1.04 bits per heavy atom. The molecule has 144 valence electrons. The van der Waals surface area contributed by atoms with Crippen molar-refractivity contribution >= 4 is 0 Å². The third-order valence-corrected chi connectivity index (χ3v) is 4.55. The highest BCUT2D eigenvalue weighted by molar-refractivity contribution is 5.21. The second-order valence-corrected chi connectivity index (χ2v) is 8.19. The van der Waals surface area contributed by atoms with Crippen LogP contribution in [0.1, 0.15) is 68.2 Å². The molecule has 0 fully saturated rings. The van der Waals surface area contributed by atoms with Gasteiger partial charge in [0.25, 0.3) is 0 Å². The topological polar surface area (TPSA) is 26.0 Å². The first-order chi connectivity index (χ1) is 11.5. The number of halogens is 1. The fourth-order valence-corrected chi connectivity index (χ4v) is 2.97. The quantitative estimate of drug-likeness (QED) is 0.432. The predicted molar refractivity (Wildman–Crippen MR) is 111 cm³/mol. The lowest BCUT2D eigenvalue weighted by Crippen LogP contribution is -2.34. The number of nitrogens with two attached hydrogens (primary N) is 1. The van der Waals surface area contributed by atoms with Gasteiger partial charge in [0, 0.05) is 6.04 Å². The largest absolute Gasteiger partial charge is 0.327 e. The minimum atomic E-state index is -0.756. The molecule has 0 aliphatic carbocycles. The molecule has 0 aliphatic rings. The van der Waals surface area contributed by atoms with Gasteiger partial charge in [0.1, 0.15) is 6.17 Å². The van der Waals surface area contributed by atoms with Gasteiger partial charge < -0.3 is 5.73 Å². The van der Waals surface area contributed by atoms with Crippen LogP contribution < -0.4 is 5.73 Å². The summed E-state index contributed by atoms with van der Waals surface area (Å²) < 4.78 is 13.5. The molecular weight excluding hydrogens is 309 g/mol. The summed E-state index contributed by atoms with van der Waals surface area (Å²) >= 11 is 0. The SMILES string of the molecule is CC(C)=C/C(C)=C/C(C)C(N)C(C)C/C(C)=C/C=C/CC(F)C(C)C. The molecule has 0 amide bonds. The summed E-state index contributed by atoms with van der Waals surface area (Å²) in [4.78, 5) is 0. The van der Waals surface area contributed by atoms with Crippen molar-refractivity contribution in [2.24, 2.45) is 23.5 Å². The van der Waals surface area contributed by atoms with Crippen molar-refractivity contribution in [3.05, 3.63) is 47.1 Å². The van der Waals surface area contributed by atoms with Crippen molar-refractivity contribution in [3.63, 3.8) is 0 Å². The molecule has 0 saturated heterocycles. The van der Waals surface area contributed by atoms with Crippen LogP contribution in [0.4, 0.5) is 4.39 Å². The maximum Gasteiger partial charge on any atom is 0.106 e. The molecule has 25 heavy (non-hydrogen) atoms. The molecule has 0 radical (unpaired) electrons. The summed E-state index contributed by atoms with van der Waals surface area (Å²) in [6.45, 7) is 16.7. The molecule has 1 nitrogen and oxygen atoms in total. The Hall–Kier alpha value is -1.15. The summed E-state index contributed by atoms with van der Waals surface area (Å²) in [7, 11) is 0. The Kier molecular flexibility index (Phi) is 11.7. The van der Waals surface area contributed by atoms with Crippen LogP contribution in [-0.4, -0.2) is 12.2 Å². The fourth-order valence-electron chi connectivity index (χ4n) is 2.97. The van der Waals surface area contributed by atoms with Crippen LogP contribution in [0.15, 0.2) is 47.1 Å². The van der Waals surface area contributed by atoms with Gasteiger partial charge in [-0.15, -0.1) is 0 Å². The van der Waals surface area contributed by atoms with Gasteiger partial charge in [0.2, 0.25) is 0 Å². The van der Waals surface area contributed by atoms with E-state index in [-0.39, 0.29) is 12.0 Å². The minimum Gasteiger partial charge on any atom is -0.327 e. The van der Waals surface area contributed by atoms with Crippen molar-refractivity contribution in [1.29, 1.82) is 0 Å². The fraction of sp³-hybridized carbons (Fsp3) is 0.652. The van der Waals surface area contributed by atoms with E-state index in [1.54, 1.807) is 0 Å². The summed E-state index contributed by atoms with van der Waals surface area (Å²) in [6.07, 6.45) is 11.1. The van der Waals surface area contributed by atoms with E-state index >= 15 is 0 Å². The van der Waals surface area contributed by atoms with E-state index < -0.39 is 6.17 Å². The predicted octanol–water partition coefficient (Wildman–Crippen LogP) is 6.78. The van der Waals surface area contributed by atoms with Crippen molar-refractivity contribution in [1.82, 2.24) is 0 Å². The number of rotatable bonds is 10. The first kappa shape index (κ1) is 23.9. The van der Waals surface area contributed by atoms with E-state index in [1.807, 2.05) is 26.0 Å². The van der Waals surface area contributed by atoms with Crippen molar-refractivity contribution < 1.29 is 4.39 Å². The van der Waals surface area contributed by atoms with E-state index in [2.05, 4.69) is 59.8 Å². The van der Waals surface area contributed by atoms with E-state index in [0.29, 0.717) is 18.3 Å². The zero-order valence-electron chi connectivity index (χ0n) is 17.6. The summed E-state index contributed by atoms with van der Waals surface area (Å²) in [5.41, 5.74) is 10.3. The van der Waals surface area contributed by atoms with Gasteiger partial charge in [-0.2, -0.15) is 0 Å². The third-order valence-electron chi connectivity index (χ3n) is 4.55. The lowest BCUT2D eigenvalue weighted by molar-refractivity contribution is 0.258. The third kappa shape index (κ3) is 11.1. The molecule has 0 aromatic carbocycles. The van der Waals surface area contributed by atoms with Crippen molar-refractivity contribution in [3.8, 4) is 0 Å². The first-order valence-corrected chi connectivity index (χ1v) is 9.59. The standard InChI is InChI=1S/C23H40FN/c1-16(2)13-19(6)15-21(8)23(25)20(7)14-18(5)11-9-10-12-22(24)17(3)4/h9-11,13,15,17,20-23H,12,14,25H2,1-8H3/b10-9+,18-11+,19-15+. The molecule has 0 aromatic rings. The number of allylic oxidation sites excluding steroid dienone is 7. The molecule has 0 saturated carbocycles.